The Hall–Kier alpha value is -4.36. The van der Waals surface area contributed by atoms with E-state index in [1.807, 2.05) is 6.07 Å². The largest absolute Gasteiger partial charge is 0.395 e. The maximum atomic E-state index is 14.2. The predicted octanol–water partition coefficient (Wildman–Crippen LogP) is 3.58. The highest BCUT2D eigenvalue weighted by atomic mass is 19.3. The number of aliphatic hydroxyl groups excluding tert-OH is 1. The quantitative estimate of drug-likeness (QED) is 0.304. The molecule has 2 aromatic carbocycles. The molecule has 2 heterocycles. The minimum absolute atomic E-state index is 0.0958. The maximum absolute atomic E-state index is 14.2. The van der Waals surface area contributed by atoms with Crippen molar-refractivity contribution in [1.82, 2.24) is 4.98 Å². The van der Waals surface area contributed by atoms with Gasteiger partial charge < -0.3 is 16.2 Å². The molecule has 1 aliphatic rings. The first kappa shape index (κ1) is 23.8. The average molecular weight is 476 g/mol. The minimum atomic E-state index is -3.13. The van der Waals surface area contributed by atoms with Gasteiger partial charge in [-0.15, -0.1) is 0 Å². The fourth-order valence-corrected chi connectivity index (χ4v) is 4.10. The van der Waals surface area contributed by atoms with Crippen LogP contribution in [0.5, 0.6) is 0 Å². The van der Waals surface area contributed by atoms with Crippen LogP contribution < -0.4 is 16.0 Å². The van der Waals surface area contributed by atoms with Crippen molar-refractivity contribution in [2.24, 2.45) is 5.73 Å². The minimum Gasteiger partial charge on any atom is -0.395 e. The molecule has 0 saturated heterocycles. The molecule has 0 spiro atoms. The number of rotatable bonds is 7. The van der Waals surface area contributed by atoms with E-state index in [0.29, 0.717) is 28.1 Å². The summed E-state index contributed by atoms with van der Waals surface area (Å²) in [7, 11) is 0. The SMILES string of the molecule is CC(F)(F)c1cccc2c1CN(c1cc(-c3cc(C#N)ccc3C(=N)N)cc(NCCO)n1)C2=O. The van der Waals surface area contributed by atoms with Crippen LogP contribution in [-0.2, 0) is 12.5 Å². The van der Waals surface area contributed by atoms with Gasteiger partial charge in [0.1, 0.15) is 17.5 Å². The molecule has 4 rings (SSSR count). The summed E-state index contributed by atoms with van der Waals surface area (Å²) in [4.78, 5) is 19.0. The number of aliphatic hydroxyl groups is 1. The smallest absolute Gasteiger partial charge is 0.270 e. The zero-order valence-corrected chi connectivity index (χ0v) is 18.8. The number of nitrogen functional groups attached to an aromatic ring is 1. The van der Waals surface area contributed by atoms with E-state index in [0.717, 1.165) is 6.92 Å². The molecule has 0 aliphatic carbocycles. The molecule has 178 valence electrons. The van der Waals surface area contributed by atoms with E-state index >= 15 is 0 Å². The standard InChI is InChI=1S/C25H22F2N6O2/c1-25(26,27)20-4-2-3-17-19(20)13-33(24(17)35)22-11-15(10-21(32-22)31-7-8-34)18-9-14(12-28)5-6-16(18)23(29)30/h2-6,9-11,34H,7-8,13H2,1H3,(H3,29,30)(H,31,32). The second-order valence-corrected chi connectivity index (χ2v) is 8.15. The molecule has 1 amide bonds. The van der Waals surface area contributed by atoms with E-state index in [-0.39, 0.29) is 48.0 Å². The zero-order chi connectivity index (χ0) is 25.3. The second-order valence-electron chi connectivity index (χ2n) is 8.15. The van der Waals surface area contributed by atoms with Crippen molar-refractivity contribution in [1.29, 1.82) is 10.7 Å². The molecule has 0 fully saturated rings. The fraction of sp³-hybridized carbons (Fsp3) is 0.200. The number of halogens is 2. The van der Waals surface area contributed by atoms with Crippen LogP contribution in [0.2, 0.25) is 0 Å². The Morgan fingerprint density at radius 2 is 2.06 bits per heavy atom. The molecule has 0 saturated carbocycles. The van der Waals surface area contributed by atoms with E-state index in [2.05, 4.69) is 10.3 Å². The summed E-state index contributed by atoms with van der Waals surface area (Å²) in [5.41, 5.74) is 7.64. The molecule has 5 N–H and O–H groups in total. The van der Waals surface area contributed by atoms with E-state index in [1.165, 1.54) is 23.1 Å². The lowest BCUT2D eigenvalue weighted by atomic mass is 9.97. The molecule has 0 unspecified atom stereocenters. The molecule has 0 bridgehead atoms. The number of alkyl halides is 2. The van der Waals surface area contributed by atoms with Gasteiger partial charge >= 0.3 is 0 Å². The lowest BCUT2D eigenvalue weighted by Gasteiger charge is -2.19. The van der Waals surface area contributed by atoms with Crippen molar-refractivity contribution >= 4 is 23.4 Å². The molecule has 35 heavy (non-hydrogen) atoms. The van der Waals surface area contributed by atoms with E-state index in [1.54, 1.807) is 30.3 Å². The van der Waals surface area contributed by atoms with Gasteiger partial charge in [0.15, 0.2) is 0 Å². The van der Waals surface area contributed by atoms with Gasteiger partial charge in [0.2, 0.25) is 0 Å². The number of pyridine rings is 1. The third-order valence-corrected chi connectivity index (χ3v) is 5.70. The summed E-state index contributed by atoms with van der Waals surface area (Å²) in [6.45, 7) is 0.694. The van der Waals surface area contributed by atoms with E-state index in [4.69, 9.17) is 11.1 Å². The van der Waals surface area contributed by atoms with Crippen LogP contribution in [0.1, 0.15) is 39.5 Å². The van der Waals surface area contributed by atoms with Crippen LogP contribution in [0.25, 0.3) is 11.1 Å². The number of fused-ring (bicyclic) bond motifs is 1. The average Bonchev–Trinajstić information content (AvgIpc) is 3.18. The third kappa shape index (κ3) is 4.54. The number of hydrogen-bond donors (Lipinski definition) is 4. The number of aromatic nitrogens is 1. The van der Waals surface area contributed by atoms with Crippen molar-refractivity contribution in [3.63, 3.8) is 0 Å². The lowest BCUT2D eigenvalue weighted by Crippen LogP contribution is -2.25. The van der Waals surface area contributed by atoms with Crippen molar-refractivity contribution in [3.05, 3.63) is 76.3 Å². The third-order valence-electron chi connectivity index (χ3n) is 5.70. The van der Waals surface area contributed by atoms with Crippen molar-refractivity contribution < 1.29 is 18.7 Å². The van der Waals surface area contributed by atoms with Crippen LogP contribution in [0.3, 0.4) is 0 Å². The summed E-state index contributed by atoms with van der Waals surface area (Å²) < 4.78 is 28.4. The monoisotopic (exact) mass is 476 g/mol. The Kier molecular flexibility index (Phi) is 6.20. The molecule has 10 heteroatoms. The van der Waals surface area contributed by atoms with Gasteiger partial charge in [0, 0.05) is 30.2 Å². The molecular formula is C25H22F2N6O2. The number of benzene rings is 2. The topological polar surface area (TPSA) is 139 Å². The fourth-order valence-electron chi connectivity index (χ4n) is 4.10. The van der Waals surface area contributed by atoms with E-state index < -0.39 is 11.8 Å². The molecule has 1 aliphatic heterocycles. The van der Waals surface area contributed by atoms with Gasteiger partial charge in [-0.2, -0.15) is 5.26 Å². The summed E-state index contributed by atoms with van der Waals surface area (Å²) in [5, 5.41) is 29.5. The van der Waals surface area contributed by atoms with Gasteiger partial charge in [0.05, 0.1) is 24.8 Å². The molecule has 3 aromatic rings. The Labute approximate surface area is 200 Å². The van der Waals surface area contributed by atoms with Crippen LogP contribution in [0, 0.1) is 16.7 Å². The first-order valence-corrected chi connectivity index (χ1v) is 10.7. The Morgan fingerprint density at radius 1 is 1.29 bits per heavy atom. The molecule has 0 atom stereocenters. The van der Waals surface area contributed by atoms with Crippen molar-refractivity contribution in [3.8, 4) is 17.2 Å². The lowest BCUT2D eigenvalue weighted by molar-refractivity contribution is 0.0166. The highest BCUT2D eigenvalue weighted by Gasteiger charge is 2.37. The van der Waals surface area contributed by atoms with Crippen LogP contribution in [0.4, 0.5) is 20.4 Å². The number of hydrogen-bond acceptors (Lipinski definition) is 6. The summed E-state index contributed by atoms with van der Waals surface area (Å²) in [6, 6.07) is 14.2. The number of anilines is 2. The van der Waals surface area contributed by atoms with Crippen LogP contribution >= 0.6 is 0 Å². The number of nitrogens with one attached hydrogen (secondary N) is 2. The summed E-state index contributed by atoms with van der Waals surface area (Å²) in [5.74, 6) is -3.31. The van der Waals surface area contributed by atoms with Crippen LogP contribution in [0.15, 0.2) is 48.5 Å². The van der Waals surface area contributed by atoms with Crippen LogP contribution in [-0.4, -0.2) is 35.0 Å². The number of nitriles is 1. The highest BCUT2D eigenvalue weighted by Crippen LogP contribution is 2.38. The predicted molar refractivity (Wildman–Crippen MR) is 128 cm³/mol. The Bertz CT molecular complexity index is 1380. The Balaban J connectivity index is 1.86. The van der Waals surface area contributed by atoms with E-state index in [9.17, 15) is 23.9 Å². The maximum Gasteiger partial charge on any atom is 0.270 e. The van der Waals surface area contributed by atoms with Gasteiger partial charge in [0.25, 0.3) is 11.8 Å². The first-order chi connectivity index (χ1) is 16.6. The van der Waals surface area contributed by atoms with Gasteiger partial charge in [-0.25, -0.2) is 13.8 Å². The van der Waals surface area contributed by atoms with Gasteiger partial charge in [-0.1, -0.05) is 12.1 Å². The number of nitrogens with zero attached hydrogens (tertiary/aromatic N) is 3. The van der Waals surface area contributed by atoms with Gasteiger partial charge in [-0.3, -0.25) is 15.1 Å². The highest BCUT2D eigenvalue weighted by molar-refractivity contribution is 6.10. The number of amides is 1. The molecule has 8 nitrogen and oxygen atoms in total. The van der Waals surface area contributed by atoms with Gasteiger partial charge in [-0.05, 0) is 53.1 Å². The normalized spacial score (nSPS) is 12.9. The first-order valence-electron chi connectivity index (χ1n) is 10.7. The number of carbonyl (C=O) groups is 1. The summed E-state index contributed by atoms with van der Waals surface area (Å²) in [6.07, 6.45) is 0. The van der Waals surface area contributed by atoms with Crippen molar-refractivity contribution in [2.75, 3.05) is 23.4 Å². The second kappa shape index (κ2) is 9.12. The molecular weight excluding hydrogens is 454 g/mol. The summed E-state index contributed by atoms with van der Waals surface area (Å²) >= 11 is 0. The number of carbonyl (C=O) groups excluding carboxylic acids is 1. The molecule has 0 radical (unpaired) electrons. The molecule has 1 aromatic heterocycles. The van der Waals surface area contributed by atoms with Crippen molar-refractivity contribution in [2.45, 2.75) is 19.4 Å². The Morgan fingerprint density at radius 3 is 2.71 bits per heavy atom. The zero-order valence-electron chi connectivity index (χ0n) is 18.8. The number of nitrogens with two attached hydrogens (primary N) is 1. The number of amidine groups is 1.